The number of rotatable bonds is 9. The van der Waals surface area contributed by atoms with E-state index in [0.717, 1.165) is 18.1 Å². The summed E-state index contributed by atoms with van der Waals surface area (Å²) in [6.45, 7) is 15.3. The monoisotopic (exact) mass is 700 g/mol. The largest absolute Gasteiger partial charge is 0.455 e. The number of aliphatic hydroxyl groups excluding tert-OH is 1. The van der Waals surface area contributed by atoms with Crippen molar-refractivity contribution < 1.29 is 52.8 Å². The summed E-state index contributed by atoms with van der Waals surface area (Å²) in [7, 11) is -2.48. The van der Waals surface area contributed by atoms with Crippen molar-refractivity contribution >= 4 is 32.0 Å². The molecule has 2 N–H and O–H groups in total. The Morgan fingerprint density at radius 1 is 0.980 bits per heavy atom. The molecule has 0 unspecified atom stereocenters. The van der Waals surface area contributed by atoms with Crippen LogP contribution in [-0.4, -0.2) is 90.6 Å². The van der Waals surface area contributed by atoms with Crippen molar-refractivity contribution in [3.63, 3.8) is 0 Å². The summed E-state index contributed by atoms with van der Waals surface area (Å²) in [5.41, 5.74) is -5.83. The normalized spacial score (nSPS) is 36.7. The zero-order chi connectivity index (χ0) is 36.3. The van der Waals surface area contributed by atoms with Crippen LogP contribution in [0.3, 0.4) is 0 Å². The number of fused-ring (bicyclic) bond motifs is 5. The van der Waals surface area contributed by atoms with E-state index in [0.29, 0.717) is 5.57 Å². The Hall–Kier alpha value is -2.90. The molecule has 0 aromatic heterocycles. The third-order valence-corrected chi connectivity index (χ3v) is 17.2. The highest BCUT2D eigenvalue weighted by atomic mass is 28.4. The van der Waals surface area contributed by atoms with E-state index in [1.807, 2.05) is 0 Å². The Kier molecular flexibility index (Phi) is 9.92. The van der Waals surface area contributed by atoms with E-state index in [4.69, 9.17) is 23.4 Å². The van der Waals surface area contributed by atoms with Gasteiger partial charge in [0.1, 0.15) is 17.8 Å². The summed E-state index contributed by atoms with van der Waals surface area (Å²) in [5, 5.41) is 24.8. The van der Waals surface area contributed by atoms with E-state index >= 15 is 4.79 Å². The number of aliphatic hydroxyl groups is 2. The van der Waals surface area contributed by atoms with Crippen molar-refractivity contribution in [3.8, 4) is 0 Å². The third kappa shape index (κ3) is 5.62. The SMILES string of the molecule is CC[Si](CC)(CC)O[C@H]1C[C@H]2OC[C@@]2(OC(C)=O)[C@H]2[C@H](OC(=O)c3ccccc3)[C@]3(O)C[C@@H](O)C(C)=C([C@@H](OC(C)=O)C(=O)[C@]12C)C3(C)C. The minimum absolute atomic E-state index is 0.131. The highest BCUT2D eigenvalue weighted by Gasteiger charge is 2.78. The number of hydrogen-bond donors (Lipinski definition) is 2. The van der Waals surface area contributed by atoms with Crippen LogP contribution in [0.2, 0.25) is 18.1 Å². The van der Waals surface area contributed by atoms with E-state index in [2.05, 4.69) is 20.8 Å². The van der Waals surface area contributed by atoms with E-state index in [1.165, 1.54) is 13.8 Å². The Labute approximate surface area is 289 Å². The summed E-state index contributed by atoms with van der Waals surface area (Å²) >= 11 is 0. The molecule has 1 aliphatic heterocycles. The topological polar surface area (TPSA) is 155 Å². The van der Waals surface area contributed by atoms with E-state index in [-0.39, 0.29) is 30.6 Å². The van der Waals surface area contributed by atoms with Crippen LogP contribution >= 0.6 is 0 Å². The molecule has 1 saturated heterocycles. The predicted molar refractivity (Wildman–Crippen MR) is 181 cm³/mol. The Balaban J connectivity index is 1.88. The zero-order valence-corrected chi connectivity index (χ0v) is 31.2. The second-order valence-electron chi connectivity index (χ2n) is 15.1. The number of hydrogen-bond acceptors (Lipinski definition) is 11. The first-order chi connectivity index (χ1) is 22.9. The molecule has 1 aromatic rings. The molecule has 0 radical (unpaired) electrons. The Morgan fingerprint density at radius 3 is 2.10 bits per heavy atom. The van der Waals surface area contributed by atoms with E-state index in [9.17, 15) is 24.6 Å². The van der Waals surface area contributed by atoms with Gasteiger partial charge in [0, 0.05) is 32.1 Å². The van der Waals surface area contributed by atoms with Gasteiger partial charge in [0.15, 0.2) is 25.8 Å². The number of esters is 3. The highest BCUT2D eigenvalue weighted by Crippen LogP contribution is 2.65. The molecule has 4 aliphatic rings. The van der Waals surface area contributed by atoms with Crippen LogP contribution in [0.15, 0.2) is 41.5 Å². The lowest BCUT2D eigenvalue weighted by Crippen LogP contribution is -2.82. The van der Waals surface area contributed by atoms with Crippen LogP contribution in [0, 0.1) is 16.7 Å². The molecule has 1 heterocycles. The third-order valence-electron chi connectivity index (χ3n) is 12.5. The summed E-state index contributed by atoms with van der Waals surface area (Å²) in [5.74, 6) is -3.91. The molecule has 0 amide bonds. The molecule has 49 heavy (non-hydrogen) atoms. The van der Waals surface area contributed by atoms with Crippen LogP contribution < -0.4 is 0 Å². The molecule has 12 heteroatoms. The second kappa shape index (κ2) is 13.0. The number of ether oxygens (including phenoxy) is 4. The van der Waals surface area contributed by atoms with Gasteiger partial charge in [-0.2, -0.15) is 0 Å². The van der Waals surface area contributed by atoms with Gasteiger partial charge in [-0.05, 0) is 55.3 Å². The van der Waals surface area contributed by atoms with E-state index < -0.39 is 90.5 Å². The van der Waals surface area contributed by atoms with Gasteiger partial charge in [0.05, 0.1) is 35.7 Å². The molecule has 5 rings (SSSR count). The number of carbonyl (C=O) groups excluding carboxylic acids is 4. The number of Topliss-reactive ketones (excluding diaryl/α,β-unsaturated/α-hetero) is 1. The van der Waals surface area contributed by atoms with Gasteiger partial charge in [0.2, 0.25) is 0 Å². The highest BCUT2D eigenvalue weighted by molar-refractivity contribution is 6.73. The van der Waals surface area contributed by atoms with Crippen LogP contribution in [0.1, 0.15) is 85.5 Å². The first-order valence-electron chi connectivity index (χ1n) is 17.5. The predicted octanol–water partition coefficient (Wildman–Crippen LogP) is 4.68. The molecule has 2 bridgehead atoms. The van der Waals surface area contributed by atoms with Gasteiger partial charge in [0.25, 0.3) is 0 Å². The lowest BCUT2D eigenvalue weighted by Gasteiger charge is -2.68. The summed E-state index contributed by atoms with van der Waals surface area (Å²) in [4.78, 5) is 55.5. The van der Waals surface area contributed by atoms with Gasteiger partial charge >= 0.3 is 17.9 Å². The molecule has 270 valence electrons. The molecular weight excluding hydrogens is 648 g/mol. The maximum absolute atomic E-state index is 15.6. The van der Waals surface area contributed by atoms with Gasteiger partial charge in [-0.3, -0.25) is 14.4 Å². The van der Waals surface area contributed by atoms with Crippen molar-refractivity contribution in [1.29, 1.82) is 0 Å². The fourth-order valence-electron chi connectivity index (χ4n) is 9.36. The molecule has 1 aromatic carbocycles. The average molecular weight is 701 g/mol. The van der Waals surface area contributed by atoms with Gasteiger partial charge in [-0.1, -0.05) is 52.8 Å². The minimum atomic E-state index is -2.48. The number of ketones is 1. The van der Waals surface area contributed by atoms with Crippen molar-refractivity contribution in [3.05, 3.63) is 47.0 Å². The number of carbonyl (C=O) groups is 4. The minimum Gasteiger partial charge on any atom is -0.455 e. The molecule has 3 aliphatic carbocycles. The molecule has 2 saturated carbocycles. The first-order valence-corrected chi connectivity index (χ1v) is 20.0. The van der Waals surface area contributed by atoms with Gasteiger partial charge < -0.3 is 33.6 Å². The Morgan fingerprint density at radius 2 is 1.59 bits per heavy atom. The van der Waals surface area contributed by atoms with Crippen molar-refractivity contribution in [2.45, 2.75) is 135 Å². The molecule has 3 fully saturated rings. The maximum atomic E-state index is 15.6. The van der Waals surface area contributed by atoms with Crippen molar-refractivity contribution in [2.75, 3.05) is 6.61 Å². The average Bonchev–Trinajstić information content (AvgIpc) is 3.04. The quantitative estimate of drug-likeness (QED) is 0.160. The fourth-order valence-corrected chi connectivity index (χ4v) is 12.3. The lowest BCUT2D eigenvalue weighted by atomic mass is 9.44. The van der Waals surface area contributed by atoms with Crippen molar-refractivity contribution in [1.82, 2.24) is 0 Å². The van der Waals surface area contributed by atoms with E-state index in [1.54, 1.807) is 58.0 Å². The van der Waals surface area contributed by atoms with Crippen LogP contribution in [-0.2, 0) is 37.8 Å². The molecule has 0 spiro atoms. The Bertz CT molecular complexity index is 1510. The van der Waals surface area contributed by atoms with Gasteiger partial charge in [-0.25, -0.2) is 4.79 Å². The summed E-state index contributed by atoms with van der Waals surface area (Å²) in [6.07, 6.45) is -6.04. The van der Waals surface area contributed by atoms with Crippen LogP contribution in [0.25, 0.3) is 0 Å². The fraction of sp³-hybridized carbons (Fsp3) is 0.676. The standard InChI is InChI=1S/C37H52O11Si/c1-10-49(11-2,12-3)48-26-18-27-36(20-44-27,47-23(6)39)30-32(46-33(42)24-16-14-13-15-17-24)37(43)19-25(40)21(4)28(34(37,7)8)29(45-22(5)38)31(41)35(26,30)9/h13-17,25-27,29-30,32,40,43H,10-12,18-20H2,1-9H3/t25-,26+,27-,29-,30+,32+,35-,36+,37-/m1/s1. The molecule has 11 nitrogen and oxygen atoms in total. The van der Waals surface area contributed by atoms with Crippen LogP contribution in [0.5, 0.6) is 0 Å². The first kappa shape index (κ1) is 37.4. The zero-order valence-electron chi connectivity index (χ0n) is 30.2. The maximum Gasteiger partial charge on any atom is 0.338 e. The summed E-state index contributed by atoms with van der Waals surface area (Å²) in [6, 6.07) is 10.6. The number of benzene rings is 1. The van der Waals surface area contributed by atoms with Crippen LogP contribution in [0.4, 0.5) is 0 Å². The molecule has 9 atom stereocenters. The second-order valence-corrected chi connectivity index (χ2v) is 19.8. The summed E-state index contributed by atoms with van der Waals surface area (Å²) < 4.78 is 31.9. The van der Waals surface area contributed by atoms with Gasteiger partial charge in [-0.15, -0.1) is 0 Å². The lowest BCUT2D eigenvalue weighted by molar-refractivity contribution is -0.344. The van der Waals surface area contributed by atoms with Crippen molar-refractivity contribution in [2.24, 2.45) is 16.7 Å². The molecular formula is C37H52O11Si. The smallest absolute Gasteiger partial charge is 0.338 e.